The molecule has 4 rings (SSSR count). The van der Waals surface area contributed by atoms with Crippen LogP contribution in [-0.4, -0.2) is 43.2 Å². The number of anilines is 1. The zero-order valence-electron chi connectivity index (χ0n) is 18.1. The molecule has 1 fully saturated rings. The lowest BCUT2D eigenvalue weighted by Crippen LogP contribution is -2.36. The number of aromatic nitrogens is 1. The van der Waals surface area contributed by atoms with Crippen LogP contribution < -0.4 is 9.70 Å². The molecule has 0 unspecified atom stereocenters. The van der Waals surface area contributed by atoms with Crippen molar-refractivity contribution in [3.05, 3.63) is 82.5 Å². The molecule has 5 nitrogen and oxygen atoms in total. The van der Waals surface area contributed by atoms with Crippen LogP contribution in [0, 0.1) is 0 Å². The SMILES string of the molecule is C=C(C)CN=c1scc(-c2ccccc2)n1N=C(C)c1ccc(N2CCOCC2)cc1. The van der Waals surface area contributed by atoms with E-state index < -0.39 is 0 Å². The maximum absolute atomic E-state index is 5.46. The molecule has 0 radical (unpaired) electrons. The third-order valence-electron chi connectivity index (χ3n) is 5.15. The summed E-state index contributed by atoms with van der Waals surface area (Å²) in [5, 5.41) is 7.09. The van der Waals surface area contributed by atoms with Gasteiger partial charge in [-0.1, -0.05) is 54.6 Å². The van der Waals surface area contributed by atoms with Crippen molar-refractivity contribution in [2.45, 2.75) is 13.8 Å². The van der Waals surface area contributed by atoms with E-state index in [1.165, 1.54) is 5.69 Å². The molecule has 6 heteroatoms. The highest BCUT2D eigenvalue weighted by Crippen LogP contribution is 2.21. The van der Waals surface area contributed by atoms with Crippen molar-refractivity contribution in [3.8, 4) is 11.3 Å². The molecule has 0 bridgehead atoms. The molecule has 160 valence electrons. The summed E-state index contributed by atoms with van der Waals surface area (Å²) in [7, 11) is 0. The topological polar surface area (TPSA) is 42.1 Å². The Balaban J connectivity index is 1.68. The molecule has 0 N–H and O–H groups in total. The van der Waals surface area contributed by atoms with Crippen molar-refractivity contribution in [3.63, 3.8) is 0 Å². The van der Waals surface area contributed by atoms with Crippen molar-refractivity contribution in [2.24, 2.45) is 10.1 Å². The lowest BCUT2D eigenvalue weighted by molar-refractivity contribution is 0.122. The largest absolute Gasteiger partial charge is 0.378 e. The number of benzene rings is 2. The van der Waals surface area contributed by atoms with Crippen LogP contribution in [0.15, 0.2) is 82.2 Å². The highest BCUT2D eigenvalue weighted by molar-refractivity contribution is 7.07. The summed E-state index contributed by atoms with van der Waals surface area (Å²) >= 11 is 1.60. The molecule has 0 saturated carbocycles. The van der Waals surface area contributed by atoms with Gasteiger partial charge in [0.1, 0.15) is 0 Å². The van der Waals surface area contributed by atoms with Crippen LogP contribution >= 0.6 is 11.3 Å². The predicted octanol–water partition coefficient (Wildman–Crippen LogP) is 4.80. The van der Waals surface area contributed by atoms with Gasteiger partial charge in [0.15, 0.2) is 0 Å². The van der Waals surface area contributed by atoms with Crippen molar-refractivity contribution >= 4 is 22.7 Å². The summed E-state index contributed by atoms with van der Waals surface area (Å²) < 4.78 is 7.41. The van der Waals surface area contributed by atoms with Crippen LogP contribution in [0.2, 0.25) is 0 Å². The van der Waals surface area contributed by atoms with Gasteiger partial charge in [-0.05, 0) is 31.5 Å². The third-order valence-corrected chi connectivity index (χ3v) is 6.00. The average Bonchev–Trinajstić information content (AvgIpc) is 3.21. The Morgan fingerprint density at radius 2 is 1.74 bits per heavy atom. The summed E-state index contributed by atoms with van der Waals surface area (Å²) in [5.74, 6) is 0. The number of rotatable bonds is 6. The Labute approximate surface area is 187 Å². The Hall–Kier alpha value is -2.96. The van der Waals surface area contributed by atoms with E-state index >= 15 is 0 Å². The lowest BCUT2D eigenvalue weighted by Gasteiger charge is -2.28. The van der Waals surface area contributed by atoms with Crippen LogP contribution in [0.3, 0.4) is 0 Å². The maximum atomic E-state index is 5.46. The minimum atomic E-state index is 0.595. The molecular formula is C25H28N4OS. The fourth-order valence-electron chi connectivity index (χ4n) is 3.46. The number of nitrogens with zero attached hydrogens (tertiary/aromatic N) is 4. The number of ether oxygens (including phenoxy) is 1. The van der Waals surface area contributed by atoms with E-state index in [9.17, 15) is 0 Å². The van der Waals surface area contributed by atoms with Gasteiger partial charge in [0, 0.05) is 29.7 Å². The van der Waals surface area contributed by atoms with Gasteiger partial charge in [-0.2, -0.15) is 5.10 Å². The first kappa shape index (κ1) is 21.3. The fraction of sp³-hybridized carbons (Fsp3) is 0.280. The van der Waals surface area contributed by atoms with E-state index in [0.717, 1.165) is 59.2 Å². The summed E-state index contributed by atoms with van der Waals surface area (Å²) in [4.78, 5) is 7.95. The standard InChI is InChI=1S/C25H28N4OS/c1-19(2)17-26-25-29(24(18-31-25)22-7-5-4-6-8-22)27-20(3)21-9-11-23(12-10-21)28-13-15-30-16-14-28/h4-12,18H,1,13-17H2,2-3H3. The van der Waals surface area contributed by atoms with Crippen LogP contribution in [-0.2, 0) is 4.74 Å². The second-order valence-corrected chi connectivity index (χ2v) is 8.52. The first-order valence-electron chi connectivity index (χ1n) is 10.5. The first-order chi connectivity index (χ1) is 15.1. The molecule has 0 amide bonds. The van der Waals surface area contributed by atoms with Gasteiger partial charge >= 0.3 is 0 Å². The molecule has 1 aromatic heterocycles. The van der Waals surface area contributed by atoms with E-state index in [0.29, 0.717) is 6.54 Å². The molecule has 2 heterocycles. The van der Waals surface area contributed by atoms with Crippen LogP contribution in [0.4, 0.5) is 5.69 Å². The molecule has 0 atom stereocenters. The van der Waals surface area contributed by atoms with Gasteiger partial charge in [-0.3, -0.25) is 4.99 Å². The zero-order valence-corrected chi connectivity index (χ0v) is 18.9. The van der Waals surface area contributed by atoms with Crippen LogP contribution in [0.1, 0.15) is 19.4 Å². The lowest BCUT2D eigenvalue weighted by atomic mass is 10.1. The van der Waals surface area contributed by atoms with Crippen molar-refractivity contribution in [1.29, 1.82) is 0 Å². The molecule has 2 aromatic carbocycles. The second-order valence-electron chi connectivity index (χ2n) is 7.69. The zero-order chi connectivity index (χ0) is 21.6. The minimum Gasteiger partial charge on any atom is -0.378 e. The van der Waals surface area contributed by atoms with Gasteiger partial charge in [-0.25, -0.2) is 4.68 Å². The molecule has 0 aliphatic carbocycles. The van der Waals surface area contributed by atoms with Crippen LogP contribution in [0.25, 0.3) is 11.3 Å². The highest BCUT2D eigenvalue weighted by Gasteiger charge is 2.12. The van der Waals surface area contributed by atoms with E-state index in [4.69, 9.17) is 14.8 Å². The van der Waals surface area contributed by atoms with E-state index in [2.05, 4.69) is 53.3 Å². The van der Waals surface area contributed by atoms with E-state index in [1.54, 1.807) is 11.3 Å². The van der Waals surface area contributed by atoms with Gasteiger partial charge < -0.3 is 9.64 Å². The summed E-state index contributed by atoms with van der Waals surface area (Å²) in [6.07, 6.45) is 0. The highest BCUT2D eigenvalue weighted by atomic mass is 32.1. The van der Waals surface area contributed by atoms with Crippen molar-refractivity contribution in [1.82, 2.24) is 4.68 Å². The number of morpholine rings is 1. The van der Waals surface area contributed by atoms with Gasteiger partial charge in [0.05, 0.1) is 31.2 Å². The van der Waals surface area contributed by atoms with E-state index in [1.807, 2.05) is 36.7 Å². The normalized spacial score (nSPS) is 15.4. The quantitative estimate of drug-likeness (QED) is 0.415. The minimum absolute atomic E-state index is 0.595. The molecule has 31 heavy (non-hydrogen) atoms. The Kier molecular flexibility index (Phi) is 6.79. The van der Waals surface area contributed by atoms with Crippen LogP contribution in [0.5, 0.6) is 0 Å². The summed E-state index contributed by atoms with van der Waals surface area (Å²) in [6.45, 7) is 12.1. The van der Waals surface area contributed by atoms with Crippen molar-refractivity contribution < 1.29 is 4.74 Å². The summed E-state index contributed by atoms with van der Waals surface area (Å²) in [6, 6.07) is 18.9. The molecule has 3 aromatic rings. The molecule has 1 aliphatic rings. The second kappa shape index (κ2) is 9.90. The monoisotopic (exact) mass is 432 g/mol. The third kappa shape index (κ3) is 5.21. The Bertz CT molecular complexity index is 1120. The molecule has 1 aliphatic heterocycles. The van der Waals surface area contributed by atoms with Crippen molar-refractivity contribution in [2.75, 3.05) is 37.7 Å². The number of hydrogen-bond donors (Lipinski definition) is 0. The summed E-state index contributed by atoms with van der Waals surface area (Å²) in [5.41, 5.74) is 6.46. The van der Waals surface area contributed by atoms with Gasteiger partial charge in [0.2, 0.25) is 4.80 Å². The fourth-order valence-corrected chi connectivity index (χ4v) is 4.29. The molecular weight excluding hydrogens is 404 g/mol. The average molecular weight is 433 g/mol. The number of thiazole rings is 1. The Morgan fingerprint density at radius 1 is 1.03 bits per heavy atom. The van der Waals surface area contributed by atoms with E-state index in [-0.39, 0.29) is 0 Å². The molecule has 0 spiro atoms. The number of hydrogen-bond acceptors (Lipinski definition) is 5. The predicted molar refractivity (Wildman–Crippen MR) is 130 cm³/mol. The smallest absolute Gasteiger partial charge is 0.206 e. The Morgan fingerprint density at radius 3 is 2.42 bits per heavy atom. The first-order valence-corrected chi connectivity index (χ1v) is 11.4. The molecule has 1 saturated heterocycles. The van der Waals surface area contributed by atoms with Gasteiger partial charge in [0.25, 0.3) is 0 Å². The van der Waals surface area contributed by atoms with Gasteiger partial charge in [-0.15, -0.1) is 11.3 Å². The maximum Gasteiger partial charge on any atom is 0.206 e.